The summed E-state index contributed by atoms with van der Waals surface area (Å²) in [6.45, 7) is 1.51. The number of fused-ring (bicyclic) bond motifs is 2. The quantitative estimate of drug-likeness (QED) is 0.344. The summed E-state index contributed by atoms with van der Waals surface area (Å²) >= 11 is 8.58. The summed E-state index contributed by atoms with van der Waals surface area (Å²) in [4.78, 5) is 43.3. The van der Waals surface area contributed by atoms with Gasteiger partial charge in [0.1, 0.15) is 16.5 Å². The molecular weight excluding hydrogens is 572 g/mol. The molecule has 1 aromatic heterocycles. The van der Waals surface area contributed by atoms with Crippen LogP contribution in [0.25, 0.3) is 0 Å². The molecule has 0 spiro atoms. The highest BCUT2D eigenvalue weighted by Gasteiger charge is 2.36. The van der Waals surface area contributed by atoms with Gasteiger partial charge < -0.3 is 10.6 Å². The zero-order valence-electron chi connectivity index (χ0n) is 19.6. The number of carbonyl (C=O) groups is 3. The van der Waals surface area contributed by atoms with E-state index in [2.05, 4.69) is 24.7 Å². The number of benzene rings is 1. The van der Waals surface area contributed by atoms with Gasteiger partial charge in [0.15, 0.2) is 0 Å². The molecule has 0 unspecified atom stereocenters. The first-order valence-electron chi connectivity index (χ1n) is 11.2. The average molecular weight is 591 g/mol. The van der Waals surface area contributed by atoms with Crippen LogP contribution in [0.15, 0.2) is 60.5 Å². The Bertz CT molecular complexity index is 1570. The van der Waals surface area contributed by atoms with E-state index in [0.29, 0.717) is 15.6 Å². The second-order valence-electron chi connectivity index (χ2n) is 8.27. The molecule has 3 aliphatic rings. The number of amidine groups is 1. The van der Waals surface area contributed by atoms with E-state index in [1.807, 2.05) is 12.2 Å². The van der Waals surface area contributed by atoms with Crippen LogP contribution in [0.5, 0.6) is 0 Å². The molecule has 38 heavy (non-hydrogen) atoms. The number of nitrogens with one attached hydrogen (secondary N) is 3. The number of allylic oxidation sites excluding steroid dienone is 2. The number of thioether (sulfide) groups is 1. The number of anilines is 3. The molecule has 0 atom stereocenters. The molecule has 2 aromatic rings. The van der Waals surface area contributed by atoms with Gasteiger partial charge in [-0.1, -0.05) is 35.5 Å². The summed E-state index contributed by atoms with van der Waals surface area (Å²) in [5.74, 6) is -0.986. The molecule has 196 valence electrons. The lowest BCUT2D eigenvalue weighted by Gasteiger charge is -2.28. The van der Waals surface area contributed by atoms with E-state index in [9.17, 15) is 22.8 Å². The molecule has 0 saturated carbocycles. The lowest BCUT2D eigenvalue weighted by atomic mass is 9.97. The first kappa shape index (κ1) is 26.3. The molecule has 1 aromatic carbocycles. The van der Waals surface area contributed by atoms with Gasteiger partial charge in [-0.3, -0.25) is 14.3 Å². The van der Waals surface area contributed by atoms with Crippen molar-refractivity contribution < 1.29 is 22.8 Å². The Balaban J connectivity index is 1.29. The van der Waals surface area contributed by atoms with Gasteiger partial charge in [0.25, 0.3) is 15.9 Å². The van der Waals surface area contributed by atoms with Gasteiger partial charge in [0, 0.05) is 5.56 Å². The monoisotopic (exact) mass is 590 g/mol. The van der Waals surface area contributed by atoms with Crippen LogP contribution in [0.3, 0.4) is 0 Å². The first-order valence-corrected chi connectivity index (χ1v) is 14.6. The minimum Gasteiger partial charge on any atom is -0.342 e. The maximum atomic E-state index is 13.2. The van der Waals surface area contributed by atoms with Gasteiger partial charge >= 0.3 is 6.03 Å². The molecular formula is C23H19ClN6O5S3. The Labute approximate surface area is 231 Å². The fourth-order valence-corrected chi connectivity index (χ4v) is 7.18. The SMILES string of the molecule is CC1=NS(=O)(=O)c2cc3c(cc2N1)CC(=O)N(c1ccc(NC(=O)NSC2=CCCC=C(Cl)S2)cn1)C3=O. The van der Waals surface area contributed by atoms with Crippen molar-refractivity contribution in [2.45, 2.75) is 31.1 Å². The molecule has 3 N–H and O–H groups in total. The molecule has 0 radical (unpaired) electrons. The minimum atomic E-state index is -3.99. The van der Waals surface area contributed by atoms with Crippen LogP contribution >= 0.6 is 35.3 Å². The Morgan fingerprint density at radius 3 is 2.76 bits per heavy atom. The van der Waals surface area contributed by atoms with Crippen molar-refractivity contribution in [1.29, 1.82) is 0 Å². The van der Waals surface area contributed by atoms with Crippen LogP contribution in [-0.4, -0.2) is 37.1 Å². The van der Waals surface area contributed by atoms with Crippen molar-refractivity contribution in [3.05, 3.63) is 62.3 Å². The Kier molecular flexibility index (Phi) is 7.22. The molecule has 0 aliphatic carbocycles. The van der Waals surface area contributed by atoms with Crippen LogP contribution in [0.2, 0.25) is 0 Å². The van der Waals surface area contributed by atoms with E-state index >= 15 is 0 Å². The van der Waals surface area contributed by atoms with Crippen LogP contribution in [0.1, 0.15) is 35.7 Å². The van der Waals surface area contributed by atoms with Crippen molar-refractivity contribution >= 4 is 86.2 Å². The number of aromatic nitrogens is 1. The van der Waals surface area contributed by atoms with Crippen LogP contribution in [-0.2, 0) is 21.2 Å². The van der Waals surface area contributed by atoms with Gasteiger partial charge in [0.2, 0.25) is 5.91 Å². The van der Waals surface area contributed by atoms with E-state index in [4.69, 9.17) is 11.6 Å². The summed E-state index contributed by atoms with van der Waals surface area (Å²) < 4.78 is 32.8. The standard InChI is InChI=1S/C23H19ClN6O5S3/c1-12-26-16-8-13-9-20(31)30(22(32)15(13)10-17(16)38(34,35)29-12)19-7-6-14(11-25-19)27-23(33)28-37-21-5-3-2-4-18(24)36-21/h4-8,10-11H,2-3,9H2,1H3,(H,26,29)(H2,27,28,33). The third-order valence-electron chi connectivity index (χ3n) is 5.54. The summed E-state index contributed by atoms with van der Waals surface area (Å²) in [7, 11) is -3.99. The average Bonchev–Trinajstić information content (AvgIpc) is 3.06. The van der Waals surface area contributed by atoms with Crippen LogP contribution in [0, 0.1) is 0 Å². The van der Waals surface area contributed by atoms with Gasteiger partial charge in [-0.25, -0.2) is 14.7 Å². The molecule has 3 aliphatic heterocycles. The number of rotatable bonds is 4. The van der Waals surface area contributed by atoms with Crippen molar-refractivity contribution in [2.75, 3.05) is 15.5 Å². The van der Waals surface area contributed by atoms with E-state index in [1.54, 1.807) is 0 Å². The molecule has 0 saturated heterocycles. The normalized spacial score (nSPS) is 18.2. The van der Waals surface area contributed by atoms with Crippen molar-refractivity contribution in [2.24, 2.45) is 4.40 Å². The third kappa shape index (κ3) is 5.43. The maximum Gasteiger partial charge on any atom is 0.329 e. The Morgan fingerprint density at radius 2 is 2.00 bits per heavy atom. The van der Waals surface area contributed by atoms with Crippen LogP contribution < -0.4 is 20.3 Å². The van der Waals surface area contributed by atoms with Gasteiger partial charge in [-0.15, -0.1) is 4.40 Å². The summed E-state index contributed by atoms with van der Waals surface area (Å²) in [5, 5.41) is 5.49. The number of carbonyl (C=O) groups excluding carboxylic acids is 3. The zero-order chi connectivity index (χ0) is 27.0. The lowest BCUT2D eigenvalue weighted by molar-refractivity contribution is -0.117. The van der Waals surface area contributed by atoms with E-state index in [-0.39, 0.29) is 34.2 Å². The first-order chi connectivity index (χ1) is 18.1. The van der Waals surface area contributed by atoms with E-state index in [0.717, 1.165) is 33.9 Å². The number of pyridine rings is 1. The fraction of sp³-hybridized carbons (Fsp3) is 0.174. The molecule has 0 fully saturated rings. The number of amides is 4. The largest absolute Gasteiger partial charge is 0.342 e. The molecule has 5 rings (SSSR count). The molecule has 4 heterocycles. The minimum absolute atomic E-state index is 0.0417. The number of urea groups is 1. The number of halogens is 1. The van der Waals surface area contributed by atoms with Crippen molar-refractivity contribution in [3.63, 3.8) is 0 Å². The number of hydrogen-bond donors (Lipinski definition) is 3. The molecule has 11 nitrogen and oxygen atoms in total. The van der Waals surface area contributed by atoms with Gasteiger partial charge in [0.05, 0.1) is 32.6 Å². The van der Waals surface area contributed by atoms with Crippen molar-refractivity contribution in [1.82, 2.24) is 9.71 Å². The summed E-state index contributed by atoms with van der Waals surface area (Å²) in [6, 6.07) is 5.14. The summed E-state index contributed by atoms with van der Waals surface area (Å²) in [6.07, 6.45) is 6.75. The lowest BCUT2D eigenvalue weighted by Crippen LogP contribution is -2.43. The van der Waals surface area contributed by atoms with E-state index in [1.165, 1.54) is 49.1 Å². The highest BCUT2D eigenvalue weighted by Crippen LogP contribution is 2.38. The van der Waals surface area contributed by atoms with Crippen LogP contribution in [0.4, 0.5) is 22.0 Å². The second kappa shape index (κ2) is 10.4. The van der Waals surface area contributed by atoms with Gasteiger partial charge in [-0.05, 0) is 61.5 Å². The topological polar surface area (TPSA) is 150 Å². The smallest absolute Gasteiger partial charge is 0.329 e. The Hall–Kier alpha value is -3.33. The Morgan fingerprint density at radius 1 is 1.21 bits per heavy atom. The molecule has 15 heteroatoms. The summed E-state index contributed by atoms with van der Waals surface area (Å²) in [5.41, 5.74) is 1.08. The highest BCUT2D eigenvalue weighted by atomic mass is 35.5. The van der Waals surface area contributed by atoms with Gasteiger partial charge in [-0.2, -0.15) is 8.42 Å². The molecule has 0 bridgehead atoms. The predicted molar refractivity (Wildman–Crippen MR) is 149 cm³/mol. The number of imide groups is 1. The zero-order valence-corrected chi connectivity index (χ0v) is 22.9. The highest BCUT2D eigenvalue weighted by molar-refractivity contribution is 8.24. The second-order valence-corrected chi connectivity index (χ2v) is 12.7. The number of sulfonamides is 1. The predicted octanol–water partition coefficient (Wildman–Crippen LogP) is 4.56. The molecule has 4 amide bonds. The third-order valence-corrected chi connectivity index (χ3v) is 9.22. The maximum absolute atomic E-state index is 13.2. The number of hydrogen-bond acceptors (Lipinski definition) is 9. The van der Waals surface area contributed by atoms with E-state index < -0.39 is 27.9 Å². The number of nitrogens with zero attached hydrogens (tertiary/aromatic N) is 3. The van der Waals surface area contributed by atoms with Crippen molar-refractivity contribution in [3.8, 4) is 0 Å². The fourth-order valence-electron chi connectivity index (χ4n) is 3.92.